The summed E-state index contributed by atoms with van der Waals surface area (Å²) >= 11 is 1.92. The second-order valence-electron chi connectivity index (χ2n) is 7.76. The Hall–Kier alpha value is -1.54. The van der Waals surface area contributed by atoms with Crippen LogP contribution in [0.4, 0.5) is 0 Å². The molecule has 2 heterocycles. The molecule has 2 aromatic carbocycles. The van der Waals surface area contributed by atoms with Crippen molar-refractivity contribution in [3.05, 3.63) is 59.7 Å². The third-order valence-corrected chi connectivity index (χ3v) is 9.06. The summed E-state index contributed by atoms with van der Waals surface area (Å²) in [5, 5.41) is 0.316. The fourth-order valence-electron chi connectivity index (χ4n) is 4.18. The summed E-state index contributed by atoms with van der Waals surface area (Å²) in [7, 11) is -1.75. The van der Waals surface area contributed by atoms with Gasteiger partial charge in [0.1, 0.15) is 5.75 Å². The van der Waals surface area contributed by atoms with Crippen molar-refractivity contribution < 1.29 is 13.2 Å². The Kier molecular flexibility index (Phi) is 6.20. The first-order chi connectivity index (χ1) is 14.0. The third kappa shape index (κ3) is 4.48. The zero-order valence-corrected chi connectivity index (χ0v) is 18.6. The Balaban J connectivity index is 1.45. The van der Waals surface area contributed by atoms with Gasteiger partial charge in [-0.1, -0.05) is 29.8 Å². The summed E-state index contributed by atoms with van der Waals surface area (Å²) in [6.07, 6.45) is 0.874. The van der Waals surface area contributed by atoms with E-state index in [4.69, 9.17) is 4.74 Å². The molecule has 2 saturated heterocycles. The highest BCUT2D eigenvalue weighted by Gasteiger charge is 2.40. The molecule has 0 aliphatic carbocycles. The van der Waals surface area contributed by atoms with E-state index in [2.05, 4.69) is 17.0 Å². The van der Waals surface area contributed by atoms with Crippen LogP contribution in [0.15, 0.2) is 53.4 Å². The number of aryl methyl sites for hydroxylation is 1. The summed E-state index contributed by atoms with van der Waals surface area (Å²) in [5.41, 5.74) is 2.34. The fraction of sp³-hybridized carbons (Fsp3) is 0.455. The lowest BCUT2D eigenvalue weighted by Crippen LogP contribution is -2.56. The van der Waals surface area contributed by atoms with E-state index in [1.54, 1.807) is 23.5 Å². The van der Waals surface area contributed by atoms with Crippen LogP contribution in [-0.4, -0.2) is 61.4 Å². The molecule has 0 bridgehead atoms. The highest BCUT2D eigenvalue weighted by atomic mass is 32.2. The van der Waals surface area contributed by atoms with E-state index in [1.165, 1.54) is 5.56 Å². The minimum atomic E-state index is -3.43. The minimum absolute atomic E-state index is 0.316. The van der Waals surface area contributed by atoms with E-state index in [0.717, 1.165) is 36.6 Å². The van der Waals surface area contributed by atoms with E-state index < -0.39 is 10.0 Å². The van der Waals surface area contributed by atoms with Crippen LogP contribution in [-0.2, 0) is 16.6 Å². The van der Waals surface area contributed by atoms with Gasteiger partial charge in [0, 0.05) is 43.2 Å². The predicted octanol–water partition coefficient (Wildman–Crippen LogP) is 3.38. The molecule has 2 unspecified atom stereocenters. The van der Waals surface area contributed by atoms with Crippen LogP contribution in [0.3, 0.4) is 0 Å². The Bertz CT molecular complexity index is 930. The molecule has 4 rings (SSSR count). The molecule has 0 spiro atoms. The molecule has 2 fully saturated rings. The molecule has 156 valence electrons. The third-order valence-electron chi connectivity index (χ3n) is 5.87. The average Bonchev–Trinajstić information content (AvgIpc) is 2.74. The van der Waals surface area contributed by atoms with Crippen LogP contribution in [0.2, 0.25) is 0 Å². The van der Waals surface area contributed by atoms with E-state index in [0.29, 0.717) is 29.3 Å². The number of hydrogen-bond acceptors (Lipinski definition) is 5. The van der Waals surface area contributed by atoms with Gasteiger partial charge >= 0.3 is 0 Å². The van der Waals surface area contributed by atoms with Gasteiger partial charge in [-0.25, -0.2) is 8.42 Å². The number of thioether (sulfide) groups is 1. The lowest BCUT2D eigenvalue weighted by molar-refractivity contribution is 0.138. The number of fused-ring (bicyclic) bond motifs is 1. The topological polar surface area (TPSA) is 49.9 Å². The van der Waals surface area contributed by atoms with Gasteiger partial charge in [-0.2, -0.15) is 16.1 Å². The Morgan fingerprint density at radius 1 is 1.07 bits per heavy atom. The lowest BCUT2D eigenvalue weighted by Gasteiger charge is -2.46. The number of benzene rings is 2. The summed E-state index contributed by atoms with van der Waals surface area (Å²) in [6.45, 7) is 5.08. The van der Waals surface area contributed by atoms with Crippen LogP contribution < -0.4 is 4.74 Å². The maximum Gasteiger partial charge on any atom is 0.243 e. The van der Waals surface area contributed by atoms with Crippen LogP contribution in [0, 0.1) is 6.92 Å². The van der Waals surface area contributed by atoms with Gasteiger partial charge < -0.3 is 4.74 Å². The molecule has 7 heteroatoms. The SMILES string of the molecule is COc1ccc(CN2CCSC3CN(S(=O)(=O)c4ccc(C)cc4)CCC32)cc1. The average molecular weight is 433 g/mol. The van der Waals surface area contributed by atoms with E-state index in [1.807, 2.05) is 43.0 Å². The van der Waals surface area contributed by atoms with Crippen molar-refractivity contribution in [2.45, 2.75) is 36.1 Å². The number of rotatable bonds is 5. The van der Waals surface area contributed by atoms with Crippen molar-refractivity contribution in [1.82, 2.24) is 9.21 Å². The number of ether oxygens (including phenoxy) is 1. The van der Waals surface area contributed by atoms with Gasteiger partial charge in [0.15, 0.2) is 0 Å². The zero-order chi connectivity index (χ0) is 20.4. The normalized spacial score (nSPS) is 23.5. The summed E-state index contributed by atoms with van der Waals surface area (Å²) in [5.74, 6) is 1.91. The molecule has 2 atom stereocenters. The predicted molar refractivity (Wildman–Crippen MR) is 118 cm³/mol. The van der Waals surface area contributed by atoms with Gasteiger partial charge in [-0.3, -0.25) is 4.90 Å². The number of hydrogen-bond donors (Lipinski definition) is 0. The smallest absolute Gasteiger partial charge is 0.243 e. The van der Waals surface area contributed by atoms with Crippen molar-refractivity contribution >= 4 is 21.8 Å². The standard InChI is InChI=1S/C22H28N2O3S2/c1-17-3-9-20(10-4-17)29(25,26)24-12-11-21-22(16-24)28-14-13-23(21)15-18-5-7-19(27-2)8-6-18/h3-10,21-22H,11-16H2,1-2H3. The first-order valence-electron chi connectivity index (χ1n) is 10.0. The van der Waals surface area contributed by atoms with Gasteiger partial charge in [-0.15, -0.1) is 0 Å². The van der Waals surface area contributed by atoms with E-state index >= 15 is 0 Å². The van der Waals surface area contributed by atoms with E-state index in [9.17, 15) is 8.42 Å². The minimum Gasteiger partial charge on any atom is -0.497 e. The number of sulfonamides is 1. The molecular weight excluding hydrogens is 404 g/mol. The van der Waals surface area contributed by atoms with Crippen LogP contribution >= 0.6 is 11.8 Å². The second-order valence-corrected chi connectivity index (χ2v) is 11.0. The number of methoxy groups -OCH3 is 1. The van der Waals surface area contributed by atoms with Crippen molar-refractivity contribution in [2.24, 2.45) is 0 Å². The molecule has 0 aromatic heterocycles. The molecule has 2 aromatic rings. The molecule has 0 radical (unpaired) electrons. The molecule has 5 nitrogen and oxygen atoms in total. The molecule has 29 heavy (non-hydrogen) atoms. The first-order valence-corrected chi connectivity index (χ1v) is 12.5. The van der Waals surface area contributed by atoms with Crippen molar-refractivity contribution in [3.8, 4) is 5.75 Å². The highest BCUT2D eigenvalue weighted by molar-refractivity contribution is 8.00. The quantitative estimate of drug-likeness (QED) is 0.725. The number of piperidine rings is 1. The lowest BCUT2D eigenvalue weighted by atomic mass is 10.0. The summed E-state index contributed by atoms with van der Waals surface area (Å²) in [4.78, 5) is 2.93. The van der Waals surface area contributed by atoms with E-state index in [-0.39, 0.29) is 0 Å². The van der Waals surface area contributed by atoms with Crippen LogP contribution in [0.25, 0.3) is 0 Å². The second kappa shape index (κ2) is 8.68. The Morgan fingerprint density at radius 3 is 2.48 bits per heavy atom. The molecule has 2 aliphatic rings. The van der Waals surface area contributed by atoms with Gasteiger partial charge in [0.05, 0.1) is 12.0 Å². The Morgan fingerprint density at radius 2 is 1.79 bits per heavy atom. The highest BCUT2D eigenvalue weighted by Crippen LogP contribution is 2.34. The molecule has 0 saturated carbocycles. The molecule has 0 amide bonds. The maximum absolute atomic E-state index is 13.1. The monoisotopic (exact) mass is 432 g/mol. The zero-order valence-electron chi connectivity index (χ0n) is 17.0. The first kappa shape index (κ1) is 20.7. The van der Waals surface area contributed by atoms with Gasteiger partial charge in [0.2, 0.25) is 10.0 Å². The van der Waals surface area contributed by atoms with Crippen molar-refractivity contribution in [3.63, 3.8) is 0 Å². The largest absolute Gasteiger partial charge is 0.497 e. The van der Waals surface area contributed by atoms with Crippen molar-refractivity contribution in [2.75, 3.05) is 32.5 Å². The molecule has 2 aliphatic heterocycles. The molecular formula is C22H28N2O3S2. The van der Waals surface area contributed by atoms with Gasteiger partial charge in [0.25, 0.3) is 0 Å². The summed E-state index contributed by atoms with van der Waals surface area (Å²) in [6, 6.07) is 15.8. The Labute approximate surface area is 178 Å². The van der Waals surface area contributed by atoms with Crippen LogP contribution in [0.1, 0.15) is 17.5 Å². The molecule has 0 N–H and O–H groups in total. The van der Waals surface area contributed by atoms with Crippen molar-refractivity contribution in [1.29, 1.82) is 0 Å². The summed E-state index contributed by atoms with van der Waals surface area (Å²) < 4.78 is 33.1. The van der Waals surface area contributed by atoms with Crippen LogP contribution in [0.5, 0.6) is 5.75 Å². The van der Waals surface area contributed by atoms with Gasteiger partial charge in [-0.05, 0) is 43.2 Å². The number of nitrogens with zero attached hydrogens (tertiary/aromatic N) is 2. The fourth-order valence-corrected chi connectivity index (χ4v) is 7.22. The maximum atomic E-state index is 13.1.